The van der Waals surface area contributed by atoms with E-state index in [1.165, 1.54) is 12.1 Å². The van der Waals surface area contributed by atoms with Crippen LogP contribution in [-0.2, 0) is 4.79 Å². The zero-order chi connectivity index (χ0) is 15.2. The molecule has 2 N–H and O–H groups in total. The van der Waals surface area contributed by atoms with Crippen molar-refractivity contribution in [3.05, 3.63) is 58.4 Å². The molecular weight excluding hydrogens is 276 g/mol. The van der Waals surface area contributed by atoms with Crippen LogP contribution < -0.4 is 10.6 Å². The van der Waals surface area contributed by atoms with Crippen molar-refractivity contribution in [2.24, 2.45) is 0 Å². The Morgan fingerprint density at radius 1 is 1.24 bits per heavy atom. The van der Waals surface area contributed by atoms with Crippen molar-refractivity contribution in [3.8, 4) is 0 Å². The third kappa shape index (κ3) is 3.38. The zero-order valence-corrected chi connectivity index (χ0v) is 10.6. The number of carbonyl (C=O) groups excluding carboxylic acids is 2. The maximum absolute atomic E-state index is 11.8. The molecule has 0 aliphatic carbocycles. The van der Waals surface area contributed by atoms with Gasteiger partial charge in [-0.1, -0.05) is 0 Å². The molecule has 0 saturated carbocycles. The first kappa shape index (κ1) is 14.1. The van der Waals surface area contributed by atoms with E-state index in [4.69, 9.17) is 0 Å². The van der Waals surface area contributed by atoms with E-state index in [-0.39, 0.29) is 17.7 Å². The molecule has 0 unspecified atom stereocenters. The van der Waals surface area contributed by atoms with Crippen LogP contribution in [-0.4, -0.2) is 22.2 Å². The second-order valence-corrected chi connectivity index (χ2v) is 3.94. The Hall–Kier alpha value is -3.29. The molecule has 1 aromatic carbocycles. The number of rotatable bonds is 5. The molecule has 0 radical (unpaired) electrons. The number of non-ortho nitro benzene ring substituents is 1. The average molecular weight is 286 g/mol. The fourth-order valence-electron chi connectivity index (χ4n) is 1.66. The number of hydrogen-bond acceptors (Lipinski definition) is 6. The number of benzene rings is 1. The first-order valence-electron chi connectivity index (χ1n) is 5.82. The van der Waals surface area contributed by atoms with Gasteiger partial charge in [-0.2, -0.15) is 0 Å². The summed E-state index contributed by atoms with van der Waals surface area (Å²) in [6.45, 7) is 0. The van der Waals surface area contributed by atoms with Crippen molar-refractivity contribution >= 4 is 29.4 Å². The van der Waals surface area contributed by atoms with Gasteiger partial charge < -0.3 is 5.32 Å². The number of nitro benzene ring substituents is 1. The summed E-state index contributed by atoms with van der Waals surface area (Å²) in [5.74, 6) is -0.731. The van der Waals surface area contributed by atoms with Crippen molar-refractivity contribution < 1.29 is 14.5 Å². The first-order valence-corrected chi connectivity index (χ1v) is 5.82. The molecule has 2 amide bonds. The summed E-state index contributed by atoms with van der Waals surface area (Å²) in [5, 5.41) is 15.7. The first-order chi connectivity index (χ1) is 10.1. The molecule has 1 aromatic heterocycles. The molecule has 0 atom stereocenters. The van der Waals surface area contributed by atoms with Gasteiger partial charge >= 0.3 is 0 Å². The number of hydrogen-bond donors (Lipinski definition) is 2. The summed E-state index contributed by atoms with van der Waals surface area (Å²) < 4.78 is 0. The number of amides is 2. The molecule has 1 heterocycles. The fraction of sp³-hybridized carbons (Fsp3) is 0. The lowest BCUT2D eigenvalue weighted by molar-refractivity contribution is -0.384. The summed E-state index contributed by atoms with van der Waals surface area (Å²) in [7, 11) is 0. The third-order valence-corrected chi connectivity index (χ3v) is 2.61. The van der Waals surface area contributed by atoms with Gasteiger partial charge in [-0.05, 0) is 18.2 Å². The zero-order valence-electron chi connectivity index (χ0n) is 10.6. The SMILES string of the molecule is O=CNC(=O)c1cc([N+](=O)[O-])ccc1Nc1ccncc1. The average Bonchev–Trinajstić information content (AvgIpc) is 2.48. The number of pyridine rings is 1. The minimum atomic E-state index is -0.731. The molecule has 0 aliphatic heterocycles. The monoisotopic (exact) mass is 286 g/mol. The van der Waals surface area contributed by atoms with E-state index in [1.807, 2.05) is 5.32 Å². The highest BCUT2D eigenvalue weighted by Gasteiger charge is 2.16. The predicted octanol–water partition coefficient (Wildman–Crippen LogP) is 1.62. The van der Waals surface area contributed by atoms with Gasteiger partial charge in [0.15, 0.2) is 0 Å². The van der Waals surface area contributed by atoms with E-state index < -0.39 is 10.8 Å². The van der Waals surface area contributed by atoms with Crippen LogP contribution in [0.4, 0.5) is 17.1 Å². The largest absolute Gasteiger partial charge is 0.355 e. The number of nitrogens with zero attached hydrogens (tertiary/aromatic N) is 2. The molecule has 2 rings (SSSR count). The highest BCUT2D eigenvalue weighted by molar-refractivity contribution is 6.05. The second kappa shape index (κ2) is 6.24. The molecule has 8 heteroatoms. The molecule has 2 aromatic rings. The van der Waals surface area contributed by atoms with Crippen LogP contribution in [0.25, 0.3) is 0 Å². The van der Waals surface area contributed by atoms with Crippen LogP contribution in [0.2, 0.25) is 0 Å². The normalized spacial score (nSPS) is 9.71. The maximum atomic E-state index is 11.8. The van der Waals surface area contributed by atoms with Gasteiger partial charge in [0.2, 0.25) is 6.41 Å². The smallest absolute Gasteiger partial charge is 0.270 e. The molecule has 0 saturated heterocycles. The highest BCUT2D eigenvalue weighted by atomic mass is 16.6. The predicted molar refractivity (Wildman–Crippen MR) is 74.1 cm³/mol. The molecule has 21 heavy (non-hydrogen) atoms. The van der Waals surface area contributed by atoms with Crippen LogP contribution in [0.1, 0.15) is 10.4 Å². The highest BCUT2D eigenvalue weighted by Crippen LogP contribution is 2.25. The molecule has 8 nitrogen and oxygen atoms in total. The fourth-order valence-corrected chi connectivity index (χ4v) is 1.66. The molecule has 0 bridgehead atoms. The van der Waals surface area contributed by atoms with E-state index in [0.29, 0.717) is 11.4 Å². The molecular formula is C13H10N4O4. The lowest BCUT2D eigenvalue weighted by Gasteiger charge is -2.10. The number of imide groups is 1. The topological polar surface area (TPSA) is 114 Å². The Bertz CT molecular complexity index is 688. The number of nitrogens with one attached hydrogen (secondary N) is 2. The lowest BCUT2D eigenvalue weighted by atomic mass is 10.1. The summed E-state index contributed by atoms with van der Waals surface area (Å²) in [6, 6.07) is 7.10. The quantitative estimate of drug-likeness (QED) is 0.490. The Kier molecular flexibility index (Phi) is 4.20. The van der Waals surface area contributed by atoms with Crippen molar-refractivity contribution in [1.29, 1.82) is 0 Å². The van der Waals surface area contributed by atoms with E-state index in [2.05, 4.69) is 10.3 Å². The van der Waals surface area contributed by atoms with Crippen LogP contribution >= 0.6 is 0 Å². The van der Waals surface area contributed by atoms with Crippen LogP contribution in [0.5, 0.6) is 0 Å². The Morgan fingerprint density at radius 2 is 1.95 bits per heavy atom. The molecule has 0 aliphatic rings. The van der Waals surface area contributed by atoms with Gasteiger partial charge in [0, 0.05) is 30.2 Å². The Morgan fingerprint density at radius 3 is 2.57 bits per heavy atom. The minimum Gasteiger partial charge on any atom is -0.355 e. The number of nitro groups is 1. The lowest BCUT2D eigenvalue weighted by Crippen LogP contribution is -2.22. The van der Waals surface area contributed by atoms with Gasteiger partial charge in [0.1, 0.15) is 0 Å². The Labute approximate surface area is 119 Å². The van der Waals surface area contributed by atoms with Gasteiger partial charge in [-0.25, -0.2) is 0 Å². The van der Waals surface area contributed by atoms with Gasteiger partial charge in [-0.3, -0.25) is 30.0 Å². The number of carbonyl (C=O) groups is 2. The van der Waals surface area contributed by atoms with Crippen LogP contribution in [0.15, 0.2) is 42.7 Å². The summed E-state index contributed by atoms with van der Waals surface area (Å²) >= 11 is 0. The van der Waals surface area contributed by atoms with Crippen molar-refractivity contribution in [2.75, 3.05) is 5.32 Å². The van der Waals surface area contributed by atoms with E-state index in [0.717, 1.165) is 6.07 Å². The molecule has 0 fully saturated rings. The Balaban J connectivity index is 2.41. The standard InChI is InChI=1S/C13H10N4O4/c18-8-15-13(19)11-7-10(17(20)21)1-2-12(11)16-9-3-5-14-6-4-9/h1-8H,(H,14,16)(H,15,18,19). The van der Waals surface area contributed by atoms with Crippen molar-refractivity contribution in [1.82, 2.24) is 10.3 Å². The van der Waals surface area contributed by atoms with Gasteiger partial charge in [0.25, 0.3) is 11.6 Å². The van der Waals surface area contributed by atoms with Crippen LogP contribution in [0, 0.1) is 10.1 Å². The van der Waals surface area contributed by atoms with E-state index in [1.54, 1.807) is 24.5 Å². The number of aromatic nitrogens is 1. The number of anilines is 2. The second-order valence-electron chi connectivity index (χ2n) is 3.94. The molecule has 0 spiro atoms. The minimum absolute atomic E-state index is 0.00638. The maximum Gasteiger partial charge on any atom is 0.270 e. The van der Waals surface area contributed by atoms with Crippen molar-refractivity contribution in [2.45, 2.75) is 0 Å². The molecule has 106 valence electrons. The van der Waals surface area contributed by atoms with Crippen molar-refractivity contribution in [3.63, 3.8) is 0 Å². The third-order valence-electron chi connectivity index (χ3n) is 2.61. The summed E-state index contributed by atoms with van der Waals surface area (Å²) in [5.41, 5.74) is 0.740. The van der Waals surface area contributed by atoms with Crippen LogP contribution in [0.3, 0.4) is 0 Å². The van der Waals surface area contributed by atoms with E-state index >= 15 is 0 Å². The van der Waals surface area contributed by atoms with Gasteiger partial charge in [-0.15, -0.1) is 0 Å². The van der Waals surface area contributed by atoms with Gasteiger partial charge in [0.05, 0.1) is 16.2 Å². The summed E-state index contributed by atoms with van der Waals surface area (Å²) in [4.78, 5) is 36.2. The summed E-state index contributed by atoms with van der Waals surface area (Å²) in [6.07, 6.45) is 3.33. The van der Waals surface area contributed by atoms with E-state index in [9.17, 15) is 19.7 Å².